The molecule has 0 amide bonds. The summed E-state index contributed by atoms with van der Waals surface area (Å²) >= 11 is 0. The molecule has 0 radical (unpaired) electrons. The van der Waals surface area contributed by atoms with E-state index >= 15 is 0 Å². The van der Waals surface area contributed by atoms with E-state index in [0.29, 0.717) is 5.56 Å². The van der Waals surface area contributed by atoms with E-state index < -0.39 is 28.9 Å². The molecular weight excluding hydrogens is 334 g/mol. The number of nitrogens with zero attached hydrogens (tertiary/aromatic N) is 1. The molecule has 8 heteroatoms. The quantitative estimate of drug-likeness (QED) is 0.755. The first kappa shape index (κ1) is 16.6. The van der Waals surface area contributed by atoms with Gasteiger partial charge in [-0.05, 0) is 42.3 Å². The van der Waals surface area contributed by atoms with Crippen molar-refractivity contribution in [2.24, 2.45) is 0 Å². The van der Waals surface area contributed by atoms with Gasteiger partial charge in [-0.2, -0.15) is 0 Å². The number of aryl methyl sites for hydroxylation is 1. The van der Waals surface area contributed by atoms with E-state index in [9.17, 15) is 23.2 Å². The van der Waals surface area contributed by atoms with E-state index in [1.165, 1.54) is 24.3 Å². The molecule has 2 aromatic carbocycles. The van der Waals surface area contributed by atoms with Crippen molar-refractivity contribution in [3.8, 4) is 0 Å². The van der Waals surface area contributed by atoms with Crippen molar-refractivity contribution in [2.75, 3.05) is 0 Å². The molecule has 0 atom stereocenters. The Morgan fingerprint density at radius 1 is 1.08 bits per heavy atom. The molecule has 0 aliphatic heterocycles. The van der Waals surface area contributed by atoms with Crippen LogP contribution in [0.15, 0.2) is 46.0 Å². The highest BCUT2D eigenvalue weighted by Gasteiger charge is 2.11. The van der Waals surface area contributed by atoms with E-state index in [4.69, 9.17) is 5.11 Å². The van der Waals surface area contributed by atoms with Gasteiger partial charge in [0.25, 0.3) is 5.56 Å². The van der Waals surface area contributed by atoms with Gasteiger partial charge in [0.2, 0.25) is 0 Å². The highest BCUT2D eigenvalue weighted by atomic mass is 19.2. The molecule has 1 heterocycles. The molecule has 1 aromatic heterocycles. The van der Waals surface area contributed by atoms with Gasteiger partial charge in [-0.1, -0.05) is 6.07 Å². The number of hydrogen-bond donors (Lipinski definition) is 2. The van der Waals surface area contributed by atoms with Crippen molar-refractivity contribution in [1.82, 2.24) is 9.55 Å². The molecular formula is C17H12F2N2O4. The second-order valence-electron chi connectivity index (χ2n) is 5.45. The average molecular weight is 346 g/mol. The van der Waals surface area contributed by atoms with Crippen molar-refractivity contribution in [3.63, 3.8) is 0 Å². The Morgan fingerprint density at radius 2 is 1.84 bits per heavy atom. The number of aromatic amines is 1. The molecule has 6 nitrogen and oxygen atoms in total. The van der Waals surface area contributed by atoms with Gasteiger partial charge in [-0.25, -0.2) is 18.4 Å². The highest BCUT2D eigenvalue weighted by Crippen LogP contribution is 2.11. The van der Waals surface area contributed by atoms with Crippen molar-refractivity contribution in [1.29, 1.82) is 0 Å². The van der Waals surface area contributed by atoms with Gasteiger partial charge in [0.1, 0.15) is 0 Å². The number of benzene rings is 2. The minimum atomic E-state index is -1.19. The fourth-order valence-electron chi connectivity index (χ4n) is 2.52. The number of nitrogens with one attached hydrogen (secondary N) is 1. The van der Waals surface area contributed by atoms with Crippen molar-refractivity contribution < 1.29 is 18.7 Å². The first-order valence-corrected chi connectivity index (χ1v) is 7.31. The second-order valence-corrected chi connectivity index (χ2v) is 5.45. The smallest absolute Gasteiger partial charge is 0.335 e. The Labute approximate surface area is 139 Å². The van der Waals surface area contributed by atoms with Gasteiger partial charge >= 0.3 is 11.7 Å². The maximum absolute atomic E-state index is 13.2. The Kier molecular flexibility index (Phi) is 4.18. The number of carboxylic acids is 1. The molecule has 0 unspecified atom stereocenters. The summed E-state index contributed by atoms with van der Waals surface area (Å²) in [5.41, 5.74) is -0.745. The van der Waals surface area contributed by atoms with Crippen LogP contribution in [0.25, 0.3) is 10.9 Å². The number of H-pyrrole nitrogens is 1. The van der Waals surface area contributed by atoms with Crippen molar-refractivity contribution in [2.45, 2.75) is 13.0 Å². The molecule has 2 N–H and O–H groups in total. The summed E-state index contributed by atoms with van der Waals surface area (Å²) in [6.45, 7) is -0.0630. The Balaban J connectivity index is 2.00. The molecule has 0 aliphatic rings. The minimum absolute atomic E-state index is 0.0600. The summed E-state index contributed by atoms with van der Waals surface area (Å²) in [5.74, 6) is -3.19. The molecule has 25 heavy (non-hydrogen) atoms. The highest BCUT2D eigenvalue weighted by molar-refractivity contribution is 5.92. The van der Waals surface area contributed by atoms with Crippen LogP contribution in [0.3, 0.4) is 0 Å². The fourth-order valence-corrected chi connectivity index (χ4v) is 2.52. The molecule has 0 saturated carbocycles. The number of halogens is 2. The molecule has 0 spiro atoms. The van der Waals surface area contributed by atoms with E-state index in [0.717, 1.165) is 16.7 Å². The molecule has 0 fully saturated rings. The van der Waals surface area contributed by atoms with Crippen LogP contribution in [0, 0.1) is 11.6 Å². The summed E-state index contributed by atoms with van der Waals surface area (Å²) in [5, 5.41) is 9.07. The van der Waals surface area contributed by atoms with Gasteiger partial charge in [-0.15, -0.1) is 0 Å². The van der Waals surface area contributed by atoms with Gasteiger partial charge in [0.05, 0.1) is 16.5 Å². The Hall–Kier alpha value is -3.29. The Morgan fingerprint density at radius 3 is 2.52 bits per heavy atom. The predicted molar refractivity (Wildman–Crippen MR) is 85.9 cm³/mol. The van der Waals surface area contributed by atoms with Crippen LogP contribution < -0.4 is 11.2 Å². The fraction of sp³-hybridized carbons (Fsp3) is 0.118. The molecule has 0 saturated heterocycles. The zero-order valence-corrected chi connectivity index (χ0v) is 12.8. The van der Waals surface area contributed by atoms with Crippen LogP contribution in [0.5, 0.6) is 0 Å². The number of hydrogen-bond acceptors (Lipinski definition) is 3. The average Bonchev–Trinajstić information content (AvgIpc) is 2.57. The Bertz CT molecular complexity index is 1100. The predicted octanol–water partition coefficient (Wildman–Crippen LogP) is 1.91. The standard InChI is InChI=1S/C17H12F2N2O4/c18-12-3-1-9(7-13(12)19)5-6-21-15(22)11-8-10(16(23)24)2-4-14(11)20-17(21)25/h1-4,7-8H,5-6H2,(H,20,25)(H,23,24). The van der Waals surface area contributed by atoms with Crippen molar-refractivity contribution in [3.05, 3.63) is 80.0 Å². The van der Waals surface area contributed by atoms with E-state index in [-0.39, 0.29) is 29.4 Å². The molecule has 0 bridgehead atoms. The van der Waals surface area contributed by atoms with Gasteiger partial charge in [-0.3, -0.25) is 9.36 Å². The molecule has 0 aliphatic carbocycles. The second kappa shape index (κ2) is 6.31. The SMILES string of the molecule is O=C(O)c1ccc2[nH]c(=O)n(CCc3ccc(F)c(F)c3)c(=O)c2c1. The summed E-state index contributed by atoms with van der Waals surface area (Å²) in [7, 11) is 0. The normalized spacial score (nSPS) is 11.0. The number of fused-ring (bicyclic) bond motifs is 1. The number of aromatic nitrogens is 2. The number of carbonyl (C=O) groups is 1. The number of aromatic carboxylic acids is 1. The van der Waals surface area contributed by atoms with Crippen molar-refractivity contribution >= 4 is 16.9 Å². The van der Waals surface area contributed by atoms with Gasteiger partial charge in [0.15, 0.2) is 11.6 Å². The lowest BCUT2D eigenvalue weighted by Gasteiger charge is -2.07. The van der Waals surface area contributed by atoms with Crippen LogP contribution in [-0.4, -0.2) is 20.6 Å². The lowest BCUT2D eigenvalue weighted by molar-refractivity contribution is 0.0697. The minimum Gasteiger partial charge on any atom is -0.478 e. The zero-order chi connectivity index (χ0) is 18.1. The van der Waals surface area contributed by atoms with Gasteiger partial charge < -0.3 is 10.1 Å². The molecule has 128 valence electrons. The van der Waals surface area contributed by atoms with Crippen LogP contribution in [0.1, 0.15) is 15.9 Å². The monoisotopic (exact) mass is 346 g/mol. The third-order valence-corrected chi connectivity index (χ3v) is 3.84. The lowest BCUT2D eigenvalue weighted by atomic mass is 10.1. The summed E-state index contributed by atoms with van der Waals surface area (Å²) in [4.78, 5) is 38.1. The third-order valence-electron chi connectivity index (χ3n) is 3.84. The van der Waals surface area contributed by atoms with E-state index in [2.05, 4.69) is 4.98 Å². The molecule has 3 rings (SSSR count). The summed E-state index contributed by atoms with van der Waals surface area (Å²) < 4.78 is 27.1. The lowest BCUT2D eigenvalue weighted by Crippen LogP contribution is -2.35. The number of rotatable bonds is 4. The topological polar surface area (TPSA) is 92.2 Å². The first-order chi connectivity index (χ1) is 11.9. The summed E-state index contributed by atoms with van der Waals surface area (Å²) in [6.07, 6.45) is 0.129. The van der Waals surface area contributed by atoms with E-state index in [1.54, 1.807) is 0 Å². The molecule has 3 aromatic rings. The summed E-state index contributed by atoms with van der Waals surface area (Å²) in [6, 6.07) is 7.15. The van der Waals surface area contributed by atoms with E-state index in [1.807, 2.05) is 0 Å². The van der Waals surface area contributed by atoms with Crippen LogP contribution in [0.4, 0.5) is 8.78 Å². The maximum Gasteiger partial charge on any atom is 0.335 e. The van der Waals surface area contributed by atoms with Gasteiger partial charge in [0, 0.05) is 6.54 Å². The zero-order valence-electron chi connectivity index (χ0n) is 12.8. The number of carboxylic acid groups (broad SMARTS) is 1. The largest absolute Gasteiger partial charge is 0.478 e. The third kappa shape index (κ3) is 3.18. The van der Waals surface area contributed by atoms with Crippen LogP contribution >= 0.6 is 0 Å². The van der Waals surface area contributed by atoms with Crippen LogP contribution in [-0.2, 0) is 13.0 Å². The first-order valence-electron chi connectivity index (χ1n) is 7.31. The van der Waals surface area contributed by atoms with Crippen LogP contribution in [0.2, 0.25) is 0 Å². The maximum atomic E-state index is 13.2.